The first-order chi connectivity index (χ1) is 7.58. The molecule has 1 aromatic rings. The predicted octanol–water partition coefficient (Wildman–Crippen LogP) is 3.27. The monoisotopic (exact) mass is 216 g/mol. The minimum atomic E-state index is 0.806. The van der Waals surface area contributed by atoms with Gasteiger partial charge in [0, 0.05) is 13.1 Å². The van der Waals surface area contributed by atoms with Crippen LogP contribution in [0.3, 0.4) is 0 Å². The lowest BCUT2D eigenvalue weighted by Crippen LogP contribution is -2.20. The second kappa shape index (κ2) is 4.28. The molecule has 0 bridgehead atoms. The molecule has 86 valence electrons. The minimum Gasteiger partial charge on any atom is -0.370 e. The smallest absolute Gasteiger partial charge is 0.0657 e. The van der Waals surface area contributed by atoms with E-state index in [-0.39, 0.29) is 0 Å². The highest BCUT2D eigenvalue weighted by molar-refractivity contribution is 5.61. The largest absolute Gasteiger partial charge is 0.370 e. The molecule has 0 unspecified atom stereocenters. The Labute approximate surface area is 98.0 Å². The average Bonchev–Trinajstić information content (AvgIpc) is 2.64. The van der Waals surface area contributed by atoms with E-state index in [9.17, 15) is 0 Å². The Morgan fingerprint density at radius 3 is 2.75 bits per heavy atom. The van der Waals surface area contributed by atoms with Gasteiger partial charge in [0.25, 0.3) is 0 Å². The second-order valence-corrected chi connectivity index (χ2v) is 4.92. The SMILES string of the molecule is C=C(C)c1ccc(N2CC[C@H](C)C2)c(C)n1. The van der Waals surface area contributed by atoms with E-state index < -0.39 is 0 Å². The Kier molecular flexibility index (Phi) is 2.99. The molecular formula is C14H20N2. The molecule has 2 heterocycles. The summed E-state index contributed by atoms with van der Waals surface area (Å²) in [7, 11) is 0. The molecule has 0 N–H and O–H groups in total. The van der Waals surface area contributed by atoms with Gasteiger partial charge in [-0.25, -0.2) is 0 Å². The summed E-state index contributed by atoms with van der Waals surface area (Å²) in [5.41, 5.74) is 4.45. The van der Waals surface area contributed by atoms with Crippen LogP contribution in [0, 0.1) is 12.8 Å². The van der Waals surface area contributed by atoms with Crippen LogP contribution >= 0.6 is 0 Å². The normalized spacial score (nSPS) is 20.2. The lowest BCUT2D eigenvalue weighted by atomic mass is 10.1. The van der Waals surface area contributed by atoms with Crippen LogP contribution < -0.4 is 4.90 Å². The summed E-state index contributed by atoms with van der Waals surface area (Å²) in [4.78, 5) is 7.04. The number of aromatic nitrogens is 1. The van der Waals surface area contributed by atoms with Crippen molar-refractivity contribution >= 4 is 11.3 Å². The van der Waals surface area contributed by atoms with Gasteiger partial charge in [-0.3, -0.25) is 4.98 Å². The summed E-state index contributed by atoms with van der Waals surface area (Å²) < 4.78 is 0. The zero-order chi connectivity index (χ0) is 11.7. The predicted molar refractivity (Wildman–Crippen MR) is 69.7 cm³/mol. The third kappa shape index (κ3) is 2.11. The van der Waals surface area contributed by atoms with Crippen molar-refractivity contribution in [1.82, 2.24) is 4.98 Å². The van der Waals surface area contributed by atoms with E-state index in [1.807, 2.05) is 6.92 Å². The van der Waals surface area contributed by atoms with Crippen molar-refractivity contribution in [3.8, 4) is 0 Å². The van der Waals surface area contributed by atoms with Crippen molar-refractivity contribution in [3.63, 3.8) is 0 Å². The van der Waals surface area contributed by atoms with Crippen LogP contribution in [0.15, 0.2) is 18.7 Å². The third-order valence-corrected chi connectivity index (χ3v) is 3.26. The van der Waals surface area contributed by atoms with Crippen LogP contribution in [0.1, 0.15) is 31.7 Å². The van der Waals surface area contributed by atoms with E-state index in [1.54, 1.807) is 0 Å². The van der Waals surface area contributed by atoms with Gasteiger partial charge in [0.2, 0.25) is 0 Å². The number of pyridine rings is 1. The number of hydrogen-bond donors (Lipinski definition) is 0. The molecule has 1 saturated heterocycles. The highest BCUT2D eigenvalue weighted by Gasteiger charge is 2.20. The maximum Gasteiger partial charge on any atom is 0.0657 e. The number of aryl methyl sites for hydroxylation is 1. The summed E-state index contributed by atoms with van der Waals surface area (Å²) in [6, 6.07) is 4.26. The van der Waals surface area contributed by atoms with Crippen molar-refractivity contribution < 1.29 is 0 Å². The Morgan fingerprint density at radius 2 is 2.25 bits per heavy atom. The fraction of sp³-hybridized carbons (Fsp3) is 0.500. The highest BCUT2D eigenvalue weighted by atomic mass is 15.2. The standard InChI is InChI=1S/C14H20N2/c1-10(2)13-5-6-14(12(4)15-13)16-8-7-11(3)9-16/h5-6,11H,1,7-9H2,2-4H3/t11-/m0/s1. The summed E-state index contributed by atoms with van der Waals surface area (Å²) in [6.07, 6.45) is 1.29. The van der Waals surface area contributed by atoms with Crippen LogP contribution in [0.25, 0.3) is 5.57 Å². The zero-order valence-electron chi connectivity index (χ0n) is 10.5. The number of nitrogens with zero attached hydrogens (tertiary/aromatic N) is 2. The van der Waals surface area contributed by atoms with E-state index >= 15 is 0 Å². The lowest BCUT2D eigenvalue weighted by molar-refractivity contribution is 0.659. The number of hydrogen-bond acceptors (Lipinski definition) is 2. The van der Waals surface area contributed by atoms with Crippen molar-refractivity contribution in [2.45, 2.75) is 27.2 Å². The van der Waals surface area contributed by atoms with Gasteiger partial charge < -0.3 is 4.90 Å². The van der Waals surface area contributed by atoms with E-state index in [4.69, 9.17) is 0 Å². The molecule has 0 aromatic carbocycles. The first-order valence-corrected chi connectivity index (χ1v) is 5.96. The van der Waals surface area contributed by atoms with E-state index in [1.165, 1.54) is 12.1 Å². The Hall–Kier alpha value is -1.31. The molecule has 0 amide bonds. The van der Waals surface area contributed by atoms with Crippen LogP contribution in [-0.2, 0) is 0 Å². The van der Waals surface area contributed by atoms with Crippen LogP contribution in [-0.4, -0.2) is 18.1 Å². The molecule has 0 aliphatic carbocycles. The topological polar surface area (TPSA) is 16.1 Å². The number of anilines is 1. The van der Waals surface area contributed by atoms with E-state index in [0.717, 1.165) is 36.0 Å². The fourth-order valence-corrected chi connectivity index (χ4v) is 2.28. The molecule has 0 saturated carbocycles. The summed E-state index contributed by atoms with van der Waals surface area (Å²) in [5, 5.41) is 0. The van der Waals surface area contributed by atoms with E-state index in [0.29, 0.717) is 0 Å². The lowest BCUT2D eigenvalue weighted by Gasteiger charge is -2.20. The van der Waals surface area contributed by atoms with Crippen LogP contribution in [0.4, 0.5) is 5.69 Å². The molecule has 1 aromatic heterocycles. The highest BCUT2D eigenvalue weighted by Crippen LogP contribution is 2.26. The summed E-state index contributed by atoms with van der Waals surface area (Å²) in [5.74, 6) is 0.806. The number of rotatable bonds is 2. The molecule has 0 spiro atoms. The van der Waals surface area contributed by atoms with E-state index in [2.05, 4.69) is 42.4 Å². The molecule has 1 fully saturated rings. The summed E-state index contributed by atoms with van der Waals surface area (Å²) >= 11 is 0. The van der Waals surface area contributed by atoms with Crippen LogP contribution in [0.5, 0.6) is 0 Å². The molecule has 1 atom stereocenters. The molecular weight excluding hydrogens is 196 g/mol. The molecule has 2 heteroatoms. The maximum atomic E-state index is 4.60. The van der Waals surface area contributed by atoms with Gasteiger partial charge in [-0.1, -0.05) is 13.5 Å². The van der Waals surface area contributed by atoms with Gasteiger partial charge >= 0.3 is 0 Å². The third-order valence-electron chi connectivity index (χ3n) is 3.26. The zero-order valence-corrected chi connectivity index (χ0v) is 10.5. The van der Waals surface area contributed by atoms with Crippen molar-refractivity contribution in [2.24, 2.45) is 5.92 Å². The van der Waals surface area contributed by atoms with Gasteiger partial charge in [0.15, 0.2) is 0 Å². The first kappa shape index (κ1) is 11.2. The van der Waals surface area contributed by atoms with Crippen molar-refractivity contribution in [2.75, 3.05) is 18.0 Å². The van der Waals surface area contributed by atoms with Crippen molar-refractivity contribution in [1.29, 1.82) is 0 Å². The summed E-state index contributed by atoms with van der Waals surface area (Å²) in [6.45, 7) is 12.7. The Balaban J connectivity index is 2.26. The van der Waals surface area contributed by atoms with Crippen molar-refractivity contribution in [3.05, 3.63) is 30.1 Å². The van der Waals surface area contributed by atoms with Gasteiger partial charge in [-0.15, -0.1) is 0 Å². The molecule has 1 aliphatic heterocycles. The number of allylic oxidation sites excluding steroid dienone is 1. The van der Waals surface area contributed by atoms with Gasteiger partial charge in [0.05, 0.1) is 17.1 Å². The van der Waals surface area contributed by atoms with Crippen LogP contribution in [0.2, 0.25) is 0 Å². The molecule has 16 heavy (non-hydrogen) atoms. The minimum absolute atomic E-state index is 0.806. The van der Waals surface area contributed by atoms with Gasteiger partial charge in [0.1, 0.15) is 0 Å². The second-order valence-electron chi connectivity index (χ2n) is 4.92. The Morgan fingerprint density at radius 1 is 1.50 bits per heavy atom. The fourth-order valence-electron chi connectivity index (χ4n) is 2.28. The molecule has 2 nitrogen and oxygen atoms in total. The first-order valence-electron chi connectivity index (χ1n) is 5.96. The van der Waals surface area contributed by atoms with Gasteiger partial charge in [-0.05, 0) is 43.9 Å². The molecule has 0 radical (unpaired) electrons. The quantitative estimate of drug-likeness (QED) is 0.754. The molecule has 1 aliphatic rings. The average molecular weight is 216 g/mol. The maximum absolute atomic E-state index is 4.60. The Bertz CT molecular complexity index is 409. The molecule has 2 rings (SSSR count). The van der Waals surface area contributed by atoms with Gasteiger partial charge in [-0.2, -0.15) is 0 Å².